The van der Waals surface area contributed by atoms with Gasteiger partial charge < -0.3 is 5.32 Å². The third-order valence-electron chi connectivity index (χ3n) is 6.06. The Balaban J connectivity index is 1.59. The molecule has 7 heteroatoms. The van der Waals surface area contributed by atoms with Crippen LogP contribution in [0.2, 0.25) is 0 Å². The van der Waals surface area contributed by atoms with Crippen LogP contribution in [0.4, 0.5) is 0 Å². The second-order valence-electron chi connectivity index (χ2n) is 7.92. The third-order valence-corrected chi connectivity index (χ3v) is 7.93. The van der Waals surface area contributed by atoms with Crippen molar-refractivity contribution in [1.82, 2.24) is 9.62 Å². The van der Waals surface area contributed by atoms with E-state index in [0.717, 1.165) is 49.3 Å². The minimum Gasteiger partial charge on any atom is -0.349 e. The van der Waals surface area contributed by atoms with E-state index in [2.05, 4.69) is 5.32 Å². The van der Waals surface area contributed by atoms with Crippen molar-refractivity contribution in [3.63, 3.8) is 0 Å². The molecule has 27 heavy (non-hydrogen) atoms. The SMILES string of the molecule is O=C(NC1CCCCC1)c1ccc2c(c1)S(=O)(=O)N(C1CCCCC1)C2=O. The molecule has 0 radical (unpaired) electrons. The second-order valence-corrected chi connectivity index (χ2v) is 9.70. The van der Waals surface area contributed by atoms with Gasteiger partial charge in [-0.25, -0.2) is 12.7 Å². The normalized spacial score (nSPS) is 23.3. The Morgan fingerprint density at radius 2 is 1.59 bits per heavy atom. The Kier molecular flexibility index (Phi) is 4.97. The van der Waals surface area contributed by atoms with Crippen molar-refractivity contribution in [1.29, 1.82) is 0 Å². The molecule has 1 aromatic rings. The molecule has 0 bridgehead atoms. The van der Waals surface area contributed by atoms with Gasteiger partial charge >= 0.3 is 0 Å². The van der Waals surface area contributed by atoms with Crippen LogP contribution in [-0.2, 0) is 10.0 Å². The Labute approximate surface area is 160 Å². The lowest BCUT2D eigenvalue weighted by molar-refractivity contribution is 0.0809. The quantitative estimate of drug-likeness (QED) is 0.859. The van der Waals surface area contributed by atoms with Crippen LogP contribution in [0.1, 0.15) is 84.9 Å². The fourth-order valence-corrected chi connectivity index (χ4v) is 6.42. The zero-order valence-electron chi connectivity index (χ0n) is 15.4. The lowest BCUT2D eigenvalue weighted by Crippen LogP contribution is -2.40. The van der Waals surface area contributed by atoms with E-state index in [1.165, 1.54) is 18.6 Å². The van der Waals surface area contributed by atoms with E-state index >= 15 is 0 Å². The number of amides is 2. The van der Waals surface area contributed by atoms with Gasteiger partial charge in [-0.1, -0.05) is 38.5 Å². The maximum Gasteiger partial charge on any atom is 0.269 e. The monoisotopic (exact) mass is 390 g/mol. The highest BCUT2D eigenvalue weighted by Crippen LogP contribution is 2.36. The average Bonchev–Trinajstić information content (AvgIpc) is 2.88. The molecule has 3 aliphatic rings. The highest BCUT2D eigenvalue weighted by Gasteiger charge is 2.45. The van der Waals surface area contributed by atoms with Gasteiger partial charge in [-0.2, -0.15) is 0 Å². The van der Waals surface area contributed by atoms with Crippen LogP contribution in [0.15, 0.2) is 23.1 Å². The van der Waals surface area contributed by atoms with Crippen LogP contribution < -0.4 is 5.32 Å². The summed E-state index contributed by atoms with van der Waals surface area (Å²) in [6.07, 6.45) is 9.72. The molecular formula is C20H26N2O4S. The zero-order chi connectivity index (χ0) is 19.0. The van der Waals surface area contributed by atoms with Gasteiger partial charge in [0, 0.05) is 17.6 Å². The van der Waals surface area contributed by atoms with Crippen LogP contribution in [0.3, 0.4) is 0 Å². The molecule has 1 heterocycles. The zero-order valence-corrected chi connectivity index (χ0v) is 16.3. The Morgan fingerprint density at radius 3 is 2.26 bits per heavy atom. The number of carbonyl (C=O) groups excluding carboxylic acids is 2. The first-order valence-electron chi connectivity index (χ1n) is 10.0. The maximum atomic E-state index is 13.0. The molecule has 4 rings (SSSR count). The van der Waals surface area contributed by atoms with Crippen LogP contribution in [0, 0.1) is 0 Å². The number of sulfonamides is 1. The number of hydrogen-bond donors (Lipinski definition) is 1. The minimum atomic E-state index is -3.88. The number of nitrogens with zero attached hydrogens (tertiary/aromatic N) is 1. The summed E-state index contributed by atoms with van der Waals surface area (Å²) < 4.78 is 27.1. The lowest BCUT2D eigenvalue weighted by atomic mass is 9.95. The molecule has 6 nitrogen and oxygen atoms in total. The van der Waals surface area contributed by atoms with Crippen molar-refractivity contribution in [2.45, 2.75) is 81.2 Å². The molecule has 2 fully saturated rings. The van der Waals surface area contributed by atoms with E-state index in [1.807, 2.05) is 0 Å². The summed E-state index contributed by atoms with van der Waals surface area (Å²) in [7, 11) is -3.88. The summed E-state index contributed by atoms with van der Waals surface area (Å²) >= 11 is 0. The van der Waals surface area contributed by atoms with Crippen molar-refractivity contribution < 1.29 is 18.0 Å². The summed E-state index contributed by atoms with van der Waals surface area (Å²) in [6.45, 7) is 0. The fourth-order valence-electron chi connectivity index (χ4n) is 4.58. The number of hydrogen-bond acceptors (Lipinski definition) is 4. The summed E-state index contributed by atoms with van der Waals surface area (Å²) in [4.78, 5) is 25.3. The summed E-state index contributed by atoms with van der Waals surface area (Å²) in [6, 6.07) is 4.33. The van der Waals surface area contributed by atoms with Crippen LogP contribution in [0.5, 0.6) is 0 Å². The molecular weight excluding hydrogens is 364 g/mol. The Morgan fingerprint density at radius 1 is 0.963 bits per heavy atom. The number of fused-ring (bicyclic) bond motifs is 1. The first-order valence-corrected chi connectivity index (χ1v) is 11.5. The van der Waals surface area contributed by atoms with Crippen molar-refractivity contribution in [2.75, 3.05) is 0 Å². The van der Waals surface area contributed by atoms with E-state index in [1.54, 1.807) is 6.07 Å². The van der Waals surface area contributed by atoms with Crippen molar-refractivity contribution >= 4 is 21.8 Å². The Hall–Kier alpha value is -1.89. The molecule has 0 saturated heterocycles. The van der Waals surface area contributed by atoms with Crippen molar-refractivity contribution in [2.24, 2.45) is 0 Å². The Bertz CT molecular complexity index is 853. The second kappa shape index (κ2) is 7.26. The molecule has 1 aliphatic heterocycles. The summed E-state index contributed by atoms with van der Waals surface area (Å²) in [5, 5.41) is 3.01. The standard InChI is InChI=1S/C20H26N2O4S/c23-19(21-15-7-3-1-4-8-15)14-11-12-17-18(13-14)27(25,26)22(20(17)24)16-9-5-2-6-10-16/h11-13,15-16H,1-10H2,(H,21,23). The lowest BCUT2D eigenvalue weighted by Gasteiger charge is -2.29. The van der Waals surface area contributed by atoms with Crippen LogP contribution >= 0.6 is 0 Å². The molecule has 1 N–H and O–H groups in total. The van der Waals surface area contributed by atoms with E-state index in [9.17, 15) is 18.0 Å². The first-order chi connectivity index (χ1) is 13.0. The molecule has 2 aliphatic carbocycles. The maximum absolute atomic E-state index is 13.0. The van der Waals surface area contributed by atoms with Crippen molar-refractivity contribution in [3.8, 4) is 0 Å². The highest BCUT2D eigenvalue weighted by atomic mass is 32.2. The first kappa shape index (κ1) is 18.5. The number of benzene rings is 1. The molecule has 2 amide bonds. The van der Waals surface area contributed by atoms with E-state index in [0.29, 0.717) is 18.4 Å². The molecule has 146 valence electrons. The van der Waals surface area contributed by atoms with Gasteiger partial charge in [0.15, 0.2) is 0 Å². The third kappa shape index (κ3) is 3.37. The summed E-state index contributed by atoms with van der Waals surface area (Å²) in [5.74, 6) is -0.709. The van der Waals surface area contributed by atoms with Crippen LogP contribution in [0.25, 0.3) is 0 Å². The number of carbonyl (C=O) groups is 2. The van der Waals surface area contributed by atoms with Gasteiger partial charge in [0.25, 0.3) is 21.8 Å². The van der Waals surface area contributed by atoms with E-state index < -0.39 is 15.9 Å². The van der Waals surface area contributed by atoms with E-state index in [4.69, 9.17) is 0 Å². The van der Waals surface area contributed by atoms with Crippen LogP contribution in [-0.4, -0.2) is 36.6 Å². The molecule has 1 aromatic carbocycles. The van der Waals surface area contributed by atoms with Gasteiger partial charge in [-0.3, -0.25) is 9.59 Å². The summed E-state index contributed by atoms with van der Waals surface area (Å²) in [5.41, 5.74) is 0.496. The molecule has 0 spiro atoms. The largest absolute Gasteiger partial charge is 0.349 e. The topological polar surface area (TPSA) is 83.6 Å². The molecule has 0 aromatic heterocycles. The molecule has 0 atom stereocenters. The van der Waals surface area contributed by atoms with Gasteiger partial charge in [0.1, 0.15) is 4.90 Å². The predicted molar refractivity (Wildman–Crippen MR) is 101 cm³/mol. The fraction of sp³-hybridized carbons (Fsp3) is 0.600. The van der Waals surface area contributed by atoms with Gasteiger partial charge in [0.2, 0.25) is 0 Å². The minimum absolute atomic E-state index is 0.0191. The average molecular weight is 391 g/mol. The van der Waals surface area contributed by atoms with Gasteiger partial charge in [-0.15, -0.1) is 0 Å². The predicted octanol–water partition coefficient (Wildman–Crippen LogP) is 3.23. The molecule has 0 unspecified atom stereocenters. The number of rotatable bonds is 3. The smallest absolute Gasteiger partial charge is 0.269 e. The van der Waals surface area contributed by atoms with Gasteiger partial charge in [0.05, 0.1) is 5.56 Å². The van der Waals surface area contributed by atoms with Gasteiger partial charge in [-0.05, 0) is 43.9 Å². The molecule has 2 saturated carbocycles. The number of nitrogens with one attached hydrogen (secondary N) is 1. The van der Waals surface area contributed by atoms with E-state index in [-0.39, 0.29) is 28.4 Å². The van der Waals surface area contributed by atoms with Crippen molar-refractivity contribution in [3.05, 3.63) is 29.3 Å². The highest BCUT2D eigenvalue weighted by molar-refractivity contribution is 7.90.